The first-order valence-corrected chi connectivity index (χ1v) is 10.3. The maximum atomic E-state index is 10.1. The number of thiophene rings is 1. The molecule has 1 aliphatic carbocycles. The molecular formula is C21H25NO2S. The van der Waals surface area contributed by atoms with Gasteiger partial charge < -0.3 is 9.84 Å². The predicted octanol–water partition coefficient (Wildman–Crippen LogP) is 4.46. The minimum absolute atomic E-state index is 0.260. The largest absolute Gasteiger partial charge is 0.504 e. The molecule has 25 heavy (non-hydrogen) atoms. The Bertz CT molecular complexity index is 808. The fraction of sp³-hybridized carbons (Fsp3) is 0.524. The lowest BCUT2D eigenvalue weighted by Gasteiger charge is -2.40. The van der Waals surface area contributed by atoms with Crippen LogP contribution in [0.5, 0.6) is 11.5 Å². The Morgan fingerprint density at radius 3 is 2.96 bits per heavy atom. The molecule has 3 aliphatic rings. The van der Waals surface area contributed by atoms with E-state index in [4.69, 9.17) is 4.74 Å². The Balaban J connectivity index is 1.46. The summed E-state index contributed by atoms with van der Waals surface area (Å²) in [4.78, 5) is 5.79. The number of ether oxygens (including phenoxy) is 1. The molecule has 1 fully saturated rings. The summed E-state index contributed by atoms with van der Waals surface area (Å²) in [5, 5.41) is 10.1. The Hall–Kier alpha value is -1.52. The first kappa shape index (κ1) is 15.7. The molecule has 1 atom stereocenters. The smallest absolute Gasteiger partial charge is 0.165 e. The zero-order valence-corrected chi connectivity index (χ0v) is 15.6. The Labute approximate surface area is 153 Å². The molecule has 0 spiro atoms. The molecule has 0 bridgehead atoms. The number of rotatable bonds is 3. The van der Waals surface area contributed by atoms with Crippen LogP contribution in [0.15, 0.2) is 18.2 Å². The van der Waals surface area contributed by atoms with Crippen molar-refractivity contribution in [2.24, 2.45) is 5.92 Å². The second kappa shape index (κ2) is 6.03. The molecule has 0 radical (unpaired) electrons. The van der Waals surface area contributed by atoms with E-state index in [0.717, 1.165) is 31.8 Å². The Kier molecular flexibility index (Phi) is 3.79. The van der Waals surface area contributed by atoms with Crippen LogP contribution in [-0.2, 0) is 25.8 Å². The summed E-state index contributed by atoms with van der Waals surface area (Å²) < 4.78 is 5.48. The number of methoxy groups -OCH3 is 1. The van der Waals surface area contributed by atoms with Crippen molar-refractivity contribution >= 4 is 11.3 Å². The van der Waals surface area contributed by atoms with E-state index in [2.05, 4.69) is 28.4 Å². The van der Waals surface area contributed by atoms with Crippen LogP contribution in [0.1, 0.15) is 51.7 Å². The van der Waals surface area contributed by atoms with Crippen LogP contribution in [-0.4, -0.2) is 23.7 Å². The number of hydrogen-bond acceptors (Lipinski definition) is 4. The zero-order valence-electron chi connectivity index (χ0n) is 14.8. The van der Waals surface area contributed by atoms with Crippen molar-refractivity contribution in [2.75, 3.05) is 13.7 Å². The van der Waals surface area contributed by atoms with E-state index in [1.165, 1.54) is 36.8 Å². The van der Waals surface area contributed by atoms with E-state index in [1.807, 2.05) is 0 Å². The number of fused-ring (bicyclic) bond motifs is 4. The third kappa shape index (κ3) is 2.58. The molecule has 1 unspecified atom stereocenters. The number of hydrogen-bond donors (Lipinski definition) is 1. The van der Waals surface area contributed by atoms with Crippen LogP contribution in [0.3, 0.4) is 0 Å². The van der Waals surface area contributed by atoms with Crippen LogP contribution in [0.2, 0.25) is 0 Å². The van der Waals surface area contributed by atoms with Gasteiger partial charge in [0.1, 0.15) is 0 Å². The number of phenols is 1. The number of aromatic hydroxyl groups is 1. The van der Waals surface area contributed by atoms with E-state index in [-0.39, 0.29) is 5.75 Å². The molecule has 132 valence electrons. The summed E-state index contributed by atoms with van der Waals surface area (Å²) >= 11 is 2.07. The van der Waals surface area contributed by atoms with Crippen LogP contribution in [0.25, 0.3) is 0 Å². The van der Waals surface area contributed by atoms with Crippen LogP contribution >= 0.6 is 11.3 Å². The van der Waals surface area contributed by atoms with Crippen molar-refractivity contribution in [1.29, 1.82) is 0 Å². The molecule has 1 aromatic carbocycles. The van der Waals surface area contributed by atoms with E-state index >= 15 is 0 Å². The maximum Gasteiger partial charge on any atom is 0.165 e. The highest BCUT2D eigenvalue weighted by Crippen LogP contribution is 2.45. The Morgan fingerprint density at radius 1 is 1.32 bits per heavy atom. The molecule has 0 amide bonds. The van der Waals surface area contributed by atoms with Crippen molar-refractivity contribution in [3.05, 3.63) is 44.6 Å². The van der Waals surface area contributed by atoms with Crippen LogP contribution < -0.4 is 4.74 Å². The molecular weight excluding hydrogens is 330 g/mol. The third-order valence-electron chi connectivity index (χ3n) is 6.35. The SMILES string of the molecule is COc1c(O)ccc2c1CN1CCc3sc(CC4CCC4)cc3C1C2. The van der Waals surface area contributed by atoms with Gasteiger partial charge in [-0.15, -0.1) is 11.3 Å². The molecule has 2 aromatic rings. The minimum Gasteiger partial charge on any atom is -0.504 e. The first-order valence-electron chi connectivity index (χ1n) is 9.46. The topological polar surface area (TPSA) is 32.7 Å². The standard InChI is InChI=1S/C21H25NO2S/c1-24-21-17-12-22-8-7-20-16(11-15(25-20)9-13-3-2-4-13)18(22)10-14(17)5-6-19(21)23/h5-6,11,13,18,23H,2-4,7-10,12H2,1H3. The van der Waals surface area contributed by atoms with E-state index in [1.54, 1.807) is 28.5 Å². The molecule has 3 heterocycles. The van der Waals surface area contributed by atoms with Crippen molar-refractivity contribution in [3.8, 4) is 11.5 Å². The Morgan fingerprint density at radius 2 is 2.20 bits per heavy atom. The van der Waals surface area contributed by atoms with Gasteiger partial charge in [-0.3, -0.25) is 4.90 Å². The monoisotopic (exact) mass is 355 g/mol. The lowest BCUT2D eigenvalue weighted by atomic mass is 9.82. The molecule has 1 aromatic heterocycles. The highest BCUT2D eigenvalue weighted by atomic mass is 32.1. The summed E-state index contributed by atoms with van der Waals surface area (Å²) in [5.41, 5.74) is 4.07. The lowest BCUT2D eigenvalue weighted by molar-refractivity contribution is 0.159. The third-order valence-corrected chi connectivity index (χ3v) is 7.58. The predicted molar refractivity (Wildman–Crippen MR) is 101 cm³/mol. The van der Waals surface area contributed by atoms with Gasteiger partial charge in [-0.2, -0.15) is 0 Å². The van der Waals surface area contributed by atoms with Crippen LogP contribution in [0, 0.1) is 5.92 Å². The molecule has 4 heteroatoms. The van der Waals surface area contributed by atoms with Gasteiger partial charge in [-0.05, 0) is 48.4 Å². The summed E-state index contributed by atoms with van der Waals surface area (Å²) in [7, 11) is 1.65. The average Bonchev–Trinajstić information content (AvgIpc) is 3.00. The number of nitrogens with zero attached hydrogens (tertiary/aromatic N) is 1. The second-order valence-electron chi connectivity index (χ2n) is 7.79. The number of phenolic OH excluding ortho intramolecular Hbond substituents is 1. The quantitative estimate of drug-likeness (QED) is 0.882. The van der Waals surface area contributed by atoms with Gasteiger partial charge in [-0.1, -0.05) is 25.3 Å². The van der Waals surface area contributed by atoms with Gasteiger partial charge in [0.25, 0.3) is 0 Å². The van der Waals surface area contributed by atoms with Crippen LogP contribution in [0.4, 0.5) is 0 Å². The summed E-state index contributed by atoms with van der Waals surface area (Å²) in [6.45, 7) is 1.99. The first-order chi connectivity index (χ1) is 12.2. The summed E-state index contributed by atoms with van der Waals surface area (Å²) in [6, 6.07) is 6.88. The van der Waals surface area contributed by atoms with Gasteiger partial charge in [0.2, 0.25) is 0 Å². The molecule has 5 rings (SSSR count). The van der Waals surface area contributed by atoms with Gasteiger partial charge in [0.05, 0.1) is 7.11 Å². The van der Waals surface area contributed by atoms with Gasteiger partial charge in [-0.25, -0.2) is 0 Å². The minimum atomic E-state index is 0.260. The maximum absolute atomic E-state index is 10.1. The summed E-state index contributed by atoms with van der Waals surface area (Å²) in [6.07, 6.45) is 7.76. The van der Waals surface area contributed by atoms with Gasteiger partial charge >= 0.3 is 0 Å². The van der Waals surface area contributed by atoms with Crippen molar-refractivity contribution in [3.63, 3.8) is 0 Å². The zero-order chi connectivity index (χ0) is 17.0. The van der Waals surface area contributed by atoms with E-state index in [0.29, 0.717) is 11.8 Å². The normalized spacial score (nSPS) is 22.7. The molecule has 2 aliphatic heterocycles. The van der Waals surface area contributed by atoms with Crippen molar-refractivity contribution in [1.82, 2.24) is 4.90 Å². The second-order valence-corrected chi connectivity index (χ2v) is 9.01. The molecule has 1 saturated carbocycles. The fourth-order valence-electron chi connectivity index (χ4n) is 4.75. The number of benzene rings is 1. The van der Waals surface area contributed by atoms with E-state index < -0.39 is 0 Å². The fourth-order valence-corrected chi connectivity index (χ4v) is 6.07. The highest BCUT2D eigenvalue weighted by Gasteiger charge is 2.35. The molecule has 3 nitrogen and oxygen atoms in total. The van der Waals surface area contributed by atoms with Gasteiger partial charge in [0, 0.05) is 34.4 Å². The lowest BCUT2D eigenvalue weighted by Crippen LogP contribution is -2.38. The van der Waals surface area contributed by atoms with Crippen molar-refractivity contribution < 1.29 is 9.84 Å². The van der Waals surface area contributed by atoms with Crippen molar-refractivity contribution in [2.45, 2.75) is 51.1 Å². The van der Waals surface area contributed by atoms with Gasteiger partial charge in [0.15, 0.2) is 11.5 Å². The summed E-state index contributed by atoms with van der Waals surface area (Å²) in [5.74, 6) is 1.86. The average molecular weight is 356 g/mol. The van der Waals surface area contributed by atoms with E-state index in [9.17, 15) is 5.11 Å². The molecule has 1 N–H and O–H groups in total. The molecule has 0 saturated heterocycles. The highest BCUT2D eigenvalue weighted by molar-refractivity contribution is 7.12.